The third-order valence-corrected chi connectivity index (χ3v) is 2.36. The summed E-state index contributed by atoms with van der Waals surface area (Å²) in [5.74, 6) is 0.0388. The highest BCUT2D eigenvalue weighted by molar-refractivity contribution is 5.92. The van der Waals surface area contributed by atoms with Gasteiger partial charge in [0.25, 0.3) is 0 Å². The molecule has 2 rings (SSSR count). The van der Waals surface area contributed by atoms with Crippen molar-refractivity contribution in [3.63, 3.8) is 0 Å². The number of rotatable bonds is 3. The summed E-state index contributed by atoms with van der Waals surface area (Å²) in [6.07, 6.45) is 5.16. The monoisotopic (exact) mass is 192 g/mol. The number of carbonyl (C=O) groups is 1. The van der Waals surface area contributed by atoms with E-state index >= 15 is 0 Å². The summed E-state index contributed by atoms with van der Waals surface area (Å²) in [5, 5.41) is 0. The molecule has 1 aliphatic carbocycles. The van der Waals surface area contributed by atoms with Crippen molar-refractivity contribution in [1.82, 2.24) is 4.98 Å². The SMILES string of the molecule is NC(=O)c1ccnc(OC2CCC2)c1. The number of amides is 1. The van der Waals surface area contributed by atoms with Gasteiger partial charge in [0, 0.05) is 17.8 Å². The fraction of sp³-hybridized carbons (Fsp3) is 0.400. The van der Waals surface area contributed by atoms with Gasteiger partial charge in [-0.3, -0.25) is 4.79 Å². The van der Waals surface area contributed by atoms with Crippen LogP contribution in [0.15, 0.2) is 18.3 Å². The van der Waals surface area contributed by atoms with Gasteiger partial charge in [-0.1, -0.05) is 0 Å². The van der Waals surface area contributed by atoms with Crippen LogP contribution in [0, 0.1) is 0 Å². The van der Waals surface area contributed by atoms with Crippen LogP contribution in [0.25, 0.3) is 0 Å². The molecule has 0 aromatic carbocycles. The Labute approximate surface area is 82.1 Å². The summed E-state index contributed by atoms with van der Waals surface area (Å²) in [6, 6.07) is 3.16. The second kappa shape index (κ2) is 3.65. The van der Waals surface area contributed by atoms with Crippen molar-refractivity contribution in [3.05, 3.63) is 23.9 Å². The van der Waals surface area contributed by atoms with Crippen LogP contribution in [0.2, 0.25) is 0 Å². The number of hydrogen-bond acceptors (Lipinski definition) is 3. The number of carbonyl (C=O) groups excluding carboxylic acids is 1. The molecule has 1 heterocycles. The third-order valence-electron chi connectivity index (χ3n) is 2.36. The number of aromatic nitrogens is 1. The molecule has 4 heteroatoms. The summed E-state index contributed by atoms with van der Waals surface area (Å²) in [6.45, 7) is 0. The lowest BCUT2D eigenvalue weighted by molar-refractivity contribution is 0.0994. The predicted octanol–water partition coefficient (Wildman–Crippen LogP) is 1.11. The highest BCUT2D eigenvalue weighted by Gasteiger charge is 2.19. The first-order valence-electron chi connectivity index (χ1n) is 4.68. The number of nitrogens with zero attached hydrogens (tertiary/aromatic N) is 1. The number of nitrogens with two attached hydrogens (primary N) is 1. The highest BCUT2D eigenvalue weighted by atomic mass is 16.5. The van der Waals surface area contributed by atoms with Crippen LogP contribution in [0.4, 0.5) is 0 Å². The molecule has 2 N–H and O–H groups in total. The smallest absolute Gasteiger partial charge is 0.248 e. The summed E-state index contributed by atoms with van der Waals surface area (Å²) in [7, 11) is 0. The van der Waals surface area contributed by atoms with Crippen LogP contribution >= 0.6 is 0 Å². The predicted molar refractivity (Wildman–Crippen MR) is 51.0 cm³/mol. The lowest BCUT2D eigenvalue weighted by atomic mass is 9.96. The minimum atomic E-state index is -0.453. The number of ether oxygens (including phenoxy) is 1. The van der Waals surface area contributed by atoms with Gasteiger partial charge in [-0.25, -0.2) is 4.98 Å². The fourth-order valence-corrected chi connectivity index (χ4v) is 1.29. The van der Waals surface area contributed by atoms with Gasteiger partial charge >= 0.3 is 0 Å². The first kappa shape index (κ1) is 8.99. The number of primary amides is 1. The van der Waals surface area contributed by atoms with Gasteiger partial charge in [-0.2, -0.15) is 0 Å². The Morgan fingerprint density at radius 1 is 1.57 bits per heavy atom. The maximum atomic E-state index is 10.9. The second-order valence-corrected chi connectivity index (χ2v) is 3.42. The zero-order valence-corrected chi connectivity index (χ0v) is 7.77. The number of hydrogen-bond donors (Lipinski definition) is 1. The first-order valence-corrected chi connectivity index (χ1v) is 4.68. The molecule has 0 spiro atoms. The molecule has 1 amide bonds. The normalized spacial score (nSPS) is 16.0. The standard InChI is InChI=1S/C10H12N2O2/c11-10(13)7-4-5-12-9(6-7)14-8-2-1-3-8/h4-6,8H,1-3H2,(H2,11,13). The van der Waals surface area contributed by atoms with Gasteiger partial charge in [0.15, 0.2) is 0 Å². The zero-order valence-electron chi connectivity index (χ0n) is 7.77. The van der Waals surface area contributed by atoms with Gasteiger partial charge in [0.05, 0.1) is 0 Å². The van der Waals surface area contributed by atoms with Gasteiger partial charge in [-0.05, 0) is 25.3 Å². The average Bonchev–Trinajstić information content (AvgIpc) is 2.12. The van der Waals surface area contributed by atoms with Gasteiger partial charge in [0.1, 0.15) is 6.10 Å². The van der Waals surface area contributed by atoms with Gasteiger partial charge in [0.2, 0.25) is 11.8 Å². The van der Waals surface area contributed by atoms with E-state index in [1.807, 2.05) is 0 Å². The Kier molecular flexibility index (Phi) is 2.35. The Balaban J connectivity index is 2.09. The summed E-state index contributed by atoms with van der Waals surface area (Å²) in [4.78, 5) is 14.9. The largest absolute Gasteiger partial charge is 0.474 e. The molecule has 1 aromatic rings. The summed E-state index contributed by atoms with van der Waals surface area (Å²) < 4.78 is 5.52. The molecule has 0 aliphatic heterocycles. The van der Waals surface area contributed by atoms with Gasteiger partial charge < -0.3 is 10.5 Å². The zero-order chi connectivity index (χ0) is 9.97. The molecule has 0 radical (unpaired) electrons. The van der Waals surface area contributed by atoms with E-state index in [0.717, 1.165) is 12.8 Å². The van der Waals surface area contributed by atoms with E-state index in [4.69, 9.17) is 10.5 Å². The van der Waals surface area contributed by atoms with Crippen molar-refractivity contribution in [3.8, 4) is 5.88 Å². The fourth-order valence-electron chi connectivity index (χ4n) is 1.29. The maximum absolute atomic E-state index is 10.9. The molecule has 74 valence electrons. The minimum Gasteiger partial charge on any atom is -0.474 e. The molecule has 0 saturated heterocycles. The molecule has 0 atom stereocenters. The Morgan fingerprint density at radius 2 is 2.36 bits per heavy atom. The molecule has 0 unspecified atom stereocenters. The van der Waals surface area contributed by atoms with Crippen LogP contribution < -0.4 is 10.5 Å². The highest BCUT2D eigenvalue weighted by Crippen LogP contribution is 2.23. The maximum Gasteiger partial charge on any atom is 0.248 e. The Morgan fingerprint density at radius 3 is 2.93 bits per heavy atom. The van der Waals surface area contributed by atoms with E-state index in [-0.39, 0.29) is 6.10 Å². The molecule has 0 bridgehead atoms. The van der Waals surface area contributed by atoms with Crippen molar-refractivity contribution in [1.29, 1.82) is 0 Å². The van der Waals surface area contributed by atoms with Crippen LogP contribution in [-0.2, 0) is 0 Å². The molecule has 14 heavy (non-hydrogen) atoms. The van der Waals surface area contributed by atoms with Crippen molar-refractivity contribution in [2.24, 2.45) is 5.73 Å². The van der Waals surface area contributed by atoms with E-state index in [2.05, 4.69) is 4.98 Å². The molecule has 4 nitrogen and oxygen atoms in total. The van der Waals surface area contributed by atoms with Crippen molar-refractivity contribution >= 4 is 5.91 Å². The molecule has 1 aromatic heterocycles. The van der Waals surface area contributed by atoms with Crippen LogP contribution in [0.5, 0.6) is 5.88 Å². The molecular weight excluding hydrogens is 180 g/mol. The van der Waals surface area contributed by atoms with Crippen LogP contribution in [0.1, 0.15) is 29.6 Å². The van der Waals surface area contributed by atoms with Crippen molar-refractivity contribution < 1.29 is 9.53 Å². The lowest BCUT2D eigenvalue weighted by Gasteiger charge is -2.25. The Hall–Kier alpha value is -1.58. The molecular formula is C10H12N2O2. The minimum absolute atomic E-state index is 0.269. The Bertz CT molecular complexity index is 348. The first-order chi connectivity index (χ1) is 6.75. The summed E-state index contributed by atoms with van der Waals surface area (Å²) >= 11 is 0. The van der Waals surface area contributed by atoms with E-state index in [1.165, 1.54) is 12.6 Å². The lowest BCUT2D eigenvalue weighted by Crippen LogP contribution is -2.25. The van der Waals surface area contributed by atoms with E-state index in [0.29, 0.717) is 11.4 Å². The van der Waals surface area contributed by atoms with Crippen molar-refractivity contribution in [2.45, 2.75) is 25.4 Å². The molecule has 1 fully saturated rings. The third kappa shape index (κ3) is 1.84. The average molecular weight is 192 g/mol. The van der Waals surface area contributed by atoms with Crippen LogP contribution in [-0.4, -0.2) is 17.0 Å². The van der Waals surface area contributed by atoms with E-state index < -0.39 is 5.91 Å². The van der Waals surface area contributed by atoms with Crippen molar-refractivity contribution in [2.75, 3.05) is 0 Å². The quantitative estimate of drug-likeness (QED) is 0.780. The summed E-state index contributed by atoms with van der Waals surface area (Å²) in [5.41, 5.74) is 5.58. The van der Waals surface area contributed by atoms with Gasteiger partial charge in [-0.15, -0.1) is 0 Å². The van der Waals surface area contributed by atoms with E-state index in [1.54, 1.807) is 12.1 Å². The number of pyridine rings is 1. The molecule has 1 saturated carbocycles. The second-order valence-electron chi connectivity index (χ2n) is 3.42. The van der Waals surface area contributed by atoms with Crippen LogP contribution in [0.3, 0.4) is 0 Å². The van der Waals surface area contributed by atoms with E-state index in [9.17, 15) is 4.79 Å². The molecule has 1 aliphatic rings. The topological polar surface area (TPSA) is 65.2 Å².